The van der Waals surface area contributed by atoms with Crippen LogP contribution in [-0.2, 0) is 5.41 Å². The summed E-state index contributed by atoms with van der Waals surface area (Å²) in [5, 5.41) is 12.5. The van der Waals surface area contributed by atoms with Crippen LogP contribution in [0.1, 0.15) is 39.7 Å². The topological polar surface area (TPSA) is 32.3 Å². The van der Waals surface area contributed by atoms with Gasteiger partial charge in [0.2, 0.25) is 0 Å². The van der Waals surface area contributed by atoms with Crippen molar-refractivity contribution in [2.45, 2.75) is 45.1 Å². The molecule has 0 aliphatic carbocycles. The van der Waals surface area contributed by atoms with E-state index in [2.05, 4.69) is 33.0 Å². The summed E-state index contributed by atoms with van der Waals surface area (Å²) in [6.45, 7) is 9.36. The average molecular weight is 253 g/mol. The van der Waals surface area contributed by atoms with Crippen molar-refractivity contribution in [2.24, 2.45) is 0 Å². The molecule has 0 aliphatic heterocycles. The van der Waals surface area contributed by atoms with E-state index in [1.807, 2.05) is 12.1 Å². The fraction of sp³-hybridized carbons (Fsp3) is 0.600. The number of aliphatic hydroxyl groups excluding tert-OH is 1. The van der Waals surface area contributed by atoms with Crippen LogP contribution >= 0.6 is 0 Å². The molecule has 0 spiro atoms. The molecule has 0 unspecified atom stereocenters. The Balaban J connectivity index is 2.67. The van der Waals surface area contributed by atoms with Gasteiger partial charge in [0, 0.05) is 24.1 Å². The summed E-state index contributed by atoms with van der Waals surface area (Å²) in [5.74, 6) is -0.205. The van der Waals surface area contributed by atoms with Gasteiger partial charge in [-0.1, -0.05) is 26.0 Å². The van der Waals surface area contributed by atoms with Crippen LogP contribution in [0.15, 0.2) is 24.3 Å². The molecule has 0 saturated carbocycles. The monoisotopic (exact) mass is 253 g/mol. The van der Waals surface area contributed by atoms with Crippen molar-refractivity contribution in [3.8, 4) is 0 Å². The first kappa shape index (κ1) is 15.1. The Hall–Kier alpha value is -0.930. The zero-order chi connectivity index (χ0) is 13.8. The van der Waals surface area contributed by atoms with Crippen LogP contribution in [0.2, 0.25) is 0 Å². The molecule has 0 fully saturated rings. The molecule has 18 heavy (non-hydrogen) atoms. The predicted octanol–water partition coefficient (Wildman–Crippen LogP) is 2.85. The van der Waals surface area contributed by atoms with Crippen LogP contribution in [0, 0.1) is 5.82 Å². The van der Waals surface area contributed by atoms with E-state index in [1.54, 1.807) is 0 Å². The van der Waals surface area contributed by atoms with Crippen LogP contribution in [-0.4, -0.2) is 23.8 Å². The number of rotatable bonds is 6. The molecule has 2 nitrogen and oxygen atoms in total. The van der Waals surface area contributed by atoms with E-state index in [9.17, 15) is 4.39 Å². The average Bonchev–Trinajstić information content (AvgIpc) is 2.27. The summed E-state index contributed by atoms with van der Waals surface area (Å²) in [6, 6.07) is 6.65. The van der Waals surface area contributed by atoms with E-state index in [4.69, 9.17) is 5.11 Å². The molecule has 0 aromatic heterocycles. The van der Waals surface area contributed by atoms with E-state index >= 15 is 0 Å². The molecule has 0 aliphatic rings. The number of benzene rings is 1. The van der Waals surface area contributed by atoms with Gasteiger partial charge in [0.05, 0.1) is 0 Å². The maximum absolute atomic E-state index is 12.9. The van der Waals surface area contributed by atoms with E-state index in [-0.39, 0.29) is 23.4 Å². The van der Waals surface area contributed by atoms with Crippen molar-refractivity contribution < 1.29 is 9.50 Å². The van der Waals surface area contributed by atoms with Crippen LogP contribution in [0.25, 0.3) is 0 Å². The highest BCUT2D eigenvalue weighted by molar-refractivity contribution is 5.24. The fourth-order valence-corrected chi connectivity index (χ4v) is 1.83. The van der Waals surface area contributed by atoms with Gasteiger partial charge in [-0.3, -0.25) is 0 Å². The molecule has 3 heteroatoms. The standard InChI is InChI=1S/C15H24FNO/c1-14(2,11-17-15(3,4)9-10-18)12-5-7-13(16)8-6-12/h5-8,17-18H,9-11H2,1-4H3. The SMILES string of the molecule is CC(C)(CCO)NCC(C)(C)c1ccc(F)cc1. The highest BCUT2D eigenvalue weighted by Crippen LogP contribution is 2.23. The van der Waals surface area contributed by atoms with Crippen LogP contribution in [0.5, 0.6) is 0 Å². The summed E-state index contributed by atoms with van der Waals surface area (Å²) in [5.41, 5.74) is 0.947. The number of nitrogens with one attached hydrogen (secondary N) is 1. The number of hydrogen-bond acceptors (Lipinski definition) is 2. The van der Waals surface area contributed by atoms with Crippen molar-refractivity contribution >= 4 is 0 Å². The van der Waals surface area contributed by atoms with E-state index < -0.39 is 0 Å². The van der Waals surface area contributed by atoms with Gasteiger partial charge >= 0.3 is 0 Å². The van der Waals surface area contributed by atoms with Crippen molar-refractivity contribution in [3.63, 3.8) is 0 Å². The predicted molar refractivity (Wildman–Crippen MR) is 73.2 cm³/mol. The van der Waals surface area contributed by atoms with E-state index in [0.29, 0.717) is 6.42 Å². The highest BCUT2D eigenvalue weighted by atomic mass is 19.1. The Bertz CT molecular complexity index is 371. The van der Waals surface area contributed by atoms with E-state index in [0.717, 1.165) is 12.1 Å². The Morgan fingerprint density at radius 2 is 1.67 bits per heavy atom. The molecule has 0 amide bonds. The molecule has 0 saturated heterocycles. The molecule has 0 bridgehead atoms. The normalized spacial score (nSPS) is 12.8. The highest BCUT2D eigenvalue weighted by Gasteiger charge is 2.24. The minimum atomic E-state index is -0.205. The van der Waals surface area contributed by atoms with Gasteiger partial charge in [-0.25, -0.2) is 4.39 Å². The van der Waals surface area contributed by atoms with Gasteiger partial charge in [0.25, 0.3) is 0 Å². The van der Waals surface area contributed by atoms with Crippen LogP contribution < -0.4 is 5.32 Å². The molecule has 1 rings (SSSR count). The minimum absolute atomic E-state index is 0.0690. The Kier molecular flexibility index (Phi) is 4.88. The quantitative estimate of drug-likeness (QED) is 0.817. The van der Waals surface area contributed by atoms with Crippen molar-refractivity contribution in [1.29, 1.82) is 0 Å². The van der Waals surface area contributed by atoms with Crippen molar-refractivity contribution in [2.75, 3.05) is 13.2 Å². The number of aliphatic hydroxyl groups is 1. The summed E-state index contributed by atoms with van der Waals surface area (Å²) >= 11 is 0. The lowest BCUT2D eigenvalue weighted by molar-refractivity contribution is 0.223. The zero-order valence-corrected chi connectivity index (χ0v) is 11.8. The Labute approximate surface area is 109 Å². The van der Waals surface area contributed by atoms with Crippen molar-refractivity contribution in [3.05, 3.63) is 35.6 Å². The largest absolute Gasteiger partial charge is 0.396 e. The van der Waals surface area contributed by atoms with Gasteiger partial charge in [-0.2, -0.15) is 0 Å². The molecule has 0 atom stereocenters. The first-order chi connectivity index (χ1) is 8.27. The molecule has 102 valence electrons. The fourth-order valence-electron chi connectivity index (χ4n) is 1.83. The molecular weight excluding hydrogens is 229 g/mol. The van der Waals surface area contributed by atoms with Gasteiger partial charge in [-0.05, 0) is 38.0 Å². The summed E-state index contributed by atoms with van der Waals surface area (Å²) < 4.78 is 12.9. The third-order valence-corrected chi connectivity index (χ3v) is 3.37. The lowest BCUT2D eigenvalue weighted by atomic mass is 9.83. The second-order valence-electron chi connectivity index (χ2n) is 6.10. The zero-order valence-electron chi connectivity index (χ0n) is 11.8. The van der Waals surface area contributed by atoms with Gasteiger partial charge in [0.1, 0.15) is 5.82 Å². The number of halogens is 1. The van der Waals surface area contributed by atoms with E-state index in [1.165, 1.54) is 12.1 Å². The molecule has 1 aromatic rings. The maximum Gasteiger partial charge on any atom is 0.123 e. The molecule has 0 heterocycles. The van der Waals surface area contributed by atoms with Crippen molar-refractivity contribution in [1.82, 2.24) is 5.32 Å². The lowest BCUT2D eigenvalue weighted by Crippen LogP contribution is -2.46. The van der Waals surface area contributed by atoms with Gasteiger partial charge in [-0.15, -0.1) is 0 Å². The van der Waals surface area contributed by atoms with Crippen LogP contribution in [0.3, 0.4) is 0 Å². The Morgan fingerprint density at radius 3 is 2.17 bits per heavy atom. The lowest BCUT2D eigenvalue weighted by Gasteiger charge is -2.33. The first-order valence-corrected chi connectivity index (χ1v) is 6.39. The van der Waals surface area contributed by atoms with Crippen LogP contribution in [0.4, 0.5) is 4.39 Å². The smallest absolute Gasteiger partial charge is 0.123 e. The Morgan fingerprint density at radius 1 is 1.11 bits per heavy atom. The summed E-state index contributed by atoms with van der Waals surface area (Å²) in [6.07, 6.45) is 0.715. The molecule has 0 radical (unpaired) electrons. The summed E-state index contributed by atoms with van der Waals surface area (Å²) in [4.78, 5) is 0. The second kappa shape index (κ2) is 5.81. The third kappa shape index (κ3) is 4.39. The van der Waals surface area contributed by atoms with Gasteiger partial charge < -0.3 is 10.4 Å². The second-order valence-corrected chi connectivity index (χ2v) is 6.10. The molecule has 2 N–H and O–H groups in total. The molecular formula is C15H24FNO. The summed E-state index contributed by atoms with van der Waals surface area (Å²) in [7, 11) is 0. The van der Waals surface area contributed by atoms with Gasteiger partial charge in [0.15, 0.2) is 0 Å². The minimum Gasteiger partial charge on any atom is -0.396 e. The first-order valence-electron chi connectivity index (χ1n) is 6.39. The maximum atomic E-state index is 12.9. The third-order valence-electron chi connectivity index (χ3n) is 3.37. The number of hydrogen-bond donors (Lipinski definition) is 2. The molecule has 1 aromatic carbocycles.